The average Bonchev–Trinajstić information content (AvgIpc) is 2.97. The zero-order valence-corrected chi connectivity index (χ0v) is 17.8. The molecule has 0 spiro atoms. The molecule has 6 bridgehead atoms. The van der Waals surface area contributed by atoms with Crippen LogP contribution in [-0.2, 0) is 27.7 Å². The molecule has 7 heteroatoms. The van der Waals surface area contributed by atoms with Crippen LogP contribution in [0.25, 0.3) is 0 Å². The zero-order valence-electron chi connectivity index (χ0n) is 17.8. The molecule has 0 saturated carbocycles. The number of fused-ring (bicyclic) bond motifs is 4. The van der Waals surface area contributed by atoms with E-state index >= 15 is 0 Å². The van der Waals surface area contributed by atoms with Gasteiger partial charge in [-0.3, -0.25) is 4.79 Å². The maximum absolute atomic E-state index is 13.3. The topological polar surface area (TPSA) is 76.6 Å². The number of hydrogen-bond acceptors (Lipinski definition) is 6. The van der Waals surface area contributed by atoms with Crippen molar-refractivity contribution in [3.8, 4) is 0 Å². The predicted molar refractivity (Wildman–Crippen MR) is 114 cm³/mol. The Balaban J connectivity index is 1.68. The van der Waals surface area contributed by atoms with E-state index in [-0.39, 0.29) is 23.5 Å². The van der Waals surface area contributed by atoms with Gasteiger partial charge in [-0.15, -0.1) is 0 Å². The van der Waals surface area contributed by atoms with Crippen molar-refractivity contribution in [1.29, 1.82) is 0 Å². The van der Waals surface area contributed by atoms with Crippen LogP contribution in [0.5, 0.6) is 0 Å². The third-order valence-electron chi connectivity index (χ3n) is 6.56. The van der Waals surface area contributed by atoms with E-state index in [0.717, 1.165) is 29.2 Å². The van der Waals surface area contributed by atoms with Gasteiger partial charge in [0.1, 0.15) is 11.6 Å². The predicted octanol–water partition coefficient (Wildman–Crippen LogP) is 2.73. The summed E-state index contributed by atoms with van der Waals surface area (Å²) in [5.41, 5.74) is 3.46. The molecule has 0 aromatic carbocycles. The number of aromatic nitrogens is 2. The van der Waals surface area contributed by atoms with E-state index in [2.05, 4.69) is 36.0 Å². The minimum atomic E-state index is -0.237. The van der Waals surface area contributed by atoms with Crippen molar-refractivity contribution in [3.05, 3.63) is 46.8 Å². The molecular weight excluding hydrogens is 380 g/mol. The molecule has 158 valence electrons. The Morgan fingerprint density at radius 2 is 2.03 bits per heavy atom. The Hall–Kier alpha value is -2.51. The fraction of sp³-hybridized carbons (Fsp3) is 0.522. The summed E-state index contributed by atoms with van der Waals surface area (Å²) in [4.78, 5) is 25.0. The summed E-state index contributed by atoms with van der Waals surface area (Å²) in [6.07, 6.45) is 3.28. The molecule has 1 fully saturated rings. The number of morpholine rings is 1. The summed E-state index contributed by atoms with van der Waals surface area (Å²) in [5.74, 6) is 1.24. The van der Waals surface area contributed by atoms with E-state index in [1.807, 2.05) is 24.4 Å². The second kappa shape index (κ2) is 7.32. The number of ether oxygens (including phenoxy) is 2. The first-order valence-electron chi connectivity index (χ1n) is 10.7. The Morgan fingerprint density at radius 3 is 2.83 bits per heavy atom. The van der Waals surface area contributed by atoms with Crippen LogP contribution in [0.1, 0.15) is 48.0 Å². The molecule has 1 saturated heterocycles. The van der Waals surface area contributed by atoms with Crippen LogP contribution in [0, 0.1) is 0 Å². The number of nitrogens with zero attached hydrogens (tertiary/aromatic N) is 3. The summed E-state index contributed by atoms with van der Waals surface area (Å²) in [5, 5.41) is 2.98. The lowest BCUT2D eigenvalue weighted by atomic mass is 9.79. The molecule has 6 rings (SSSR count). The number of amides is 1. The molecule has 6 heterocycles. The van der Waals surface area contributed by atoms with Crippen molar-refractivity contribution >= 4 is 17.5 Å². The van der Waals surface area contributed by atoms with Gasteiger partial charge in [-0.05, 0) is 36.6 Å². The molecule has 30 heavy (non-hydrogen) atoms. The first kappa shape index (κ1) is 19.5. The van der Waals surface area contributed by atoms with Gasteiger partial charge in [0.25, 0.3) is 5.91 Å². The minimum absolute atomic E-state index is 0.0225. The normalized spacial score (nSPS) is 25.3. The molecule has 2 atom stereocenters. The van der Waals surface area contributed by atoms with Gasteiger partial charge in [0, 0.05) is 42.4 Å². The Labute approximate surface area is 176 Å². The van der Waals surface area contributed by atoms with Crippen molar-refractivity contribution < 1.29 is 14.3 Å². The smallest absolute Gasteiger partial charge is 0.257 e. The molecule has 7 nitrogen and oxygen atoms in total. The molecule has 0 radical (unpaired) electrons. The van der Waals surface area contributed by atoms with Gasteiger partial charge in [-0.1, -0.05) is 19.9 Å². The van der Waals surface area contributed by atoms with Crippen LogP contribution in [0.3, 0.4) is 0 Å². The quantitative estimate of drug-likeness (QED) is 0.722. The largest absolute Gasteiger partial charge is 0.381 e. The summed E-state index contributed by atoms with van der Waals surface area (Å²) < 4.78 is 12.1. The zero-order chi connectivity index (χ0) is 20.9. The number of carbonyl (C=O) groups excluding carboxylic acids is 1. The first-order chi connectivity index (χ1) is 14.4. The van der Waals surface area contributed by atoms with E-state index < -0.39 is 0 Å². The second-order valence-corrected chi connectivity index (χ2v) is 9.01. The average molecular weight is 409 g/mol. The van der Waals surface area contributed by atoms with Crippen molar-refractivity contribution in [3.63, 3.8) is 0 Å². The maximum atomic E-state index is 13.3. The fourth-order valence-electron chi connectivity index (χ4n) is 4.66. The van der Waals surface area contributed by atoms with Gasteiger partial charge in [0.2, 0.25) is 0 Å². The Morgan fingerprint density at radius 1 is 1.20 bits per heavy atom. The van der Waals surface area contributed by atoms with Crippen molar-refractivity contribution in [2.45, 2.75) is 51.2 Å². The van der Waals surface area contributed by atoms with Crippen LogP contribution in [0.15, 0.2) is 24.4 Å². The van der Waals surface area contributed by atoms with Crippen LogP contribution >= 0.6 is 0 Å². The minimum Gasteiger partial charge on any atom is -0.381 e. The van der Waals surface area contributed by atoms with E-state index in [4.69, 9.17) is 14.5 Å². The maximum Gasteiger partial charge on any atom is 0.257 e. The summed E-state index contributed by atoms with van der Waals surface area (Å²) in [7, 11) is 0. The van der Waals surface area contributed by atoms with Gasteiger partial charge in [-0.2, -0.15) is 0 Å². The highest BCUT2D eigenvalue weighted by Gasteiger charge is 2.39. The van der Waals surface area contributed by atoms with E-state index in [1.54, 1.807) is 0 Å². The van der Waals surface area contributed by atoms with Gasteiger partial charge in [0.15, 0.2) is 0 Å². The first-order valence-corrected chi connectivity index (χ1v) is 10.7. The standard InChI is InChI=1S/C23H28N4O3/c1-14-12-27-13-19(30-14)23(2,3)15-4-5-20(24-11-15)26-22(28)17-10-21(27)25-18-7-9-29-8-6-16(17)18/h4-5,10-11,14,19H,6-9,12-13H2,1-3H3,(H,24,26,28). The SMILES string of the molecule is CC1CN2CC(O1)C(C)(C)c1ccc(nc1)NC(=O)c1cc2nc2c1CCOCC2. The van der Waals surface area contributed by atoms with Gasteiger partial charge in [0.05, 0.1) is 25.4 Å². The van der Waals surface area contributed by atoms with E-state index in [1.165, 1.54) is 0 Å². The van der Waals surface area contributed by atoms with E-state index in [0.29, 0.717) is 44.0 Å². The Kier molecular flexibility index (Phi) is 4.75. The monoisotopic (exact) mass is 408 g/mol. The Bertz CT molecular complexity index is 973. The third-order valence-corrected chi connectivity index (χ3v) is 6.56. The lowest BCUT2D eigenvalue weighted by Crippen LogP contribution is -2.53. The summed E-state index contributed by atoms with van der Waals surface area (Å²) in [6, 6.07) is 5.85. The highest BCUT2D eigenvalue weighted by molar-refractivity contribution is 6.05. The third kappa shape index (κ3) is 3.36. The number of anilines is 2. The lowest BCUT2D eigenvalue weighted by Gasteiger charge is -2.44. The van der Waals surface area contributed by atoms with Crippen molar-refractivity contribution in [2.24, 2.45) is 0 Å². The van der Waals surface area contributed by atoms with Crippen molar-refractivity contribution in [2.75, 3.05) is 36.5 Å². The molecule has 1 N–H and O–H groups in total. The second-order valence-electron chi connectivity index (χ2n) is 9.01. The molecule has 2 aromatic rings. The number of carbonyl (C=O) groups is 1. The molecule has 1 amide bonds. The molecule has 4 aliphatic heterocycles. The molecule has 0 aliphatic carbocycles. The molecule has 2 aromatic heterocycles. The fourth-order valence-corrected chi connectivity index (χ4v) is 4.66. The van der Waals surface area contributed by atoms with Gasteiger partial charge in [-0.25, -0.2) is 9.97 Å². The molecular formula is C23H28N4O3. The highest BCUT2D eigenvalue weighted by Crippen LogP contribution is 2.35. The van der Waals surface area contributed by atoms with Gasteiger partial charge < -0.3 is 19.7 Å². The van der Waals surface area contributed by atoms with Crippen molar-refractivity contribution in [1.82, 2.24) is 9.97 Å². The van der Waals surface area contributed by atoms with Crippen LogP contribution in [-0.4, -0.2) is 54.4 Å². The van der Waals surface area contributed by atoms with Gasteiger partial charge >= 0.3 is 0 Å². The van der Waals surface area contributed by atoms with Crippen LogP contribution < -0.4 is 10.2 Å². The molecule has 2 unspecified atom stereocenters. The summed E-state index contributed by atoms with van der Waals surface area (Å²) >= 11 is 0. The van der Waals surface area contributed by atoms with Crippen LogP contribution in [0.2, 0.25) is 0 Å². The number of nitrogens with one attached hydrogen (secondary N) is 1. The highest BCUT2D eigenvalue weighted by atomic mass is 16.5. The number of hydrogen-bond donors (Lipinski definition) is 1. The number of rotatable bonds is 0. The van der Waals surface area contributed by atoms with Crippen LogP contribution in [0.4, 0.5) is 11.6 Å². The molecule has 4 aliphatic rings. The lowest BCUT2D eigenvalue weighted by molar-refractivity contribution is -0.0510. The summed E-state index contributed by atoms with van der Waals surface area (Å²) in [6.45, 7) is 9.16. The van der Waals surface area contributed by atoms with E-state index in [9.17, 15) is 4.79 Å². The number of pyridine rings is 2.